The van der Waals surface area contributed by atoms with Crippen LogP contribution < -0.4 is 10.1 Å². The number of alkyl halides is 3. The highest BCUT2D eigenvalue weighted by molar-refractivity contribution is 6.06. The summed E-state index contributed by atoms with van der Waals surface area (Å²) in [5.74, 6) is -0.137. The van der Waals surface area contributed by atoms with Crippen molar-refractivity contribution < 1.29 is 27.4 Å². The lowest BCUT2D eigenvalue weighted by Crippen LogP contribution is -2.38. The summed E-state index contributed by atoms with van der Waals surface area (Å²) in [4.78, 5) is 14.8. The lowest BCUT2D eigenvalue weighted by Gasteiger charge is -2.26. The molecule has 0 atom stereocenters. The summed E-state index contributed by atoms with van der Waals surface area (Å²) < 4.78 is 49.6. The highest BCUT2D eigenvalue weighted by Gasteiger charge is 2.30. The van der Waals surface area contributed by atoms with Crippen LogP contribution in [0.2, 0.25) is 0 Å². The number of carbonyl (C=O) groups excluding carboxylic acids is 1. The van der Waals surface area contributed by atoms with E-state index in [1.54, 1.807) is 24.3 Å². The van der Waals surface area contributed by atoms with Crippen LogP contribution in [0, 0.1) is 0 Å². The number of benzene rings is 2. The van der Waals surface area contributed by atoms with E-state index in [4.69, 9.17) is 9.47 Å². The average molecular weight is 394 g/mol. The van der Waals surface area contributed by atoms with E-state index in [-0.39, 0.29) is 11.3 Å². The molecule has 2 aromatic rings. The van der Waals surface area contributed by atoms with Gasteiger partial charge in [-0.2, -0.15) is 13.2 Å². The van der Waals surface area contributed by atoms with Gasteiger partial charge in [-0.05, 0) is 30.3 Å². The largest absolute Gasteiger partial charge is 0.491 e. The van der Waals surface area contributed by atoms with Crippen LogP contribution in [0.4, 0.5) is 18.9 Å². The van der Waals surface area contributed by atoms with Crippen LogP contribution in [-0.4, -0.2) is 50.3 Å². The second-order valence-electron chi connectivity index (χ2n) is 6.33. The Kier molecular flexibility index (Phi) is 6.53. The summed E-state index contributed by atoms with van der Waals surface area (Å²) in [7, 11) is 0. The van der Waals surface area contributed by atoms with E-state index in [1.165, 1.54) is 12.1 Å². The van der Waals surface area contributed by atoms with Gasteiger partial charge in [0.2, 0.25) is 0 Å². The molecule has 3 rings (SSSR count). The zero-order valence-electron chi connectivity index (χ0n) is 15.2. The number of rotatable bonds is 6. The fourth-order valence-corrected chi connectivity index (χ4v) is 2.86. The number of halogens is 3. The molecular formula is C20H21F3N2O3. The maximum Gasteiger partial charge on any atom is 0.416 e. The van der Waals surface area contributed by atoms with E-state index in [0.717, 1.165) is 25.2 Å². The normalized spacial score (nSPS) is 15.2. The molecule has 2 aromatic carbocycles. The van der Waals surface area contributed by atoms with Gasteiger partial charge in [-0.1, -0.05) is 18.2 Å². The van der Waals surface area contributed by atoms with Gasteiger partial charge in [0.1, 0.15) is 12.4 Å². The van der Waals surface area contributed by atoms with Crippen molar-refractivity contribution in [2.24, 2.45) is 0 Å². The minimum Gasteiger partial charge on any atom is -0.491 e. The topological polar surface area (TPSA) is 50.8 Å². The molecule has 1 aliphatic rings. The molecule has 0 spiro atoms. The molecule has 0 aliphatic carbocycles. The Morgan fingerprint density at radius 1 is 1.11 bits per heavy atom. The van der Waals surface area contributed by atoms with Gasteiger partial charge >= 0.3 is 6.18 Å². The molecule has 1 heterocycles. The van der Waals surface area contributed by atoms with Gasteiger partial charge in [0.25, 0.3) is 5.91 Å². The monoisotopic (exact) mass is 394 g/mol. The van der Waals surface area contributed by atoms with Gasteiger partial charge in [-0.3, -0.25) is 9.69 Å². The molecule has 0 unspecified atom stereocenters. The molecule has 150 valence electrons. The van der Waals surface area contributed by atoms with E-state index in [2.05, 4.69) is 10.2 Å². The van der Waals surface area contributed by atoms with Crippen LogP contribution in [0.5, 0.6) is 5.75 Å². The third kappa shape index (κ3) is 5.46. The molecule has 28 heavy (non-hydrogen) atoms. The average Bonchev–Trinajstić information content (AvgIpc) is 2.69. The zero-order chi connectivity index (χ0) is 20.0. The van der Waals surface area contributed by atoms with Gasteiger partial charge in [-0.15, -0.1) is 0 Å². The van der Waals surface area contributed by atoms with E-state index in [0.29, 0.717) is 32.1 Å². The molecule has 5 nitrogen and oxygen atoms in total. The fourth-order valence-electron chi connectivity index (χ4n) is 2.86. The third-order valence-electron chi connectivity index (χ3n) is 4.35. The Bertz CT molecular complexity index is 805. The Morgan fingerprint density at radius 3 is 2.61 bits per heavy atom. The van der Waals surface area contributed by atoms with Crippen molar-refractivity contribution in [2.75, 3.05) is 44.8 Å². The Morgan fingerprint density at radius 2 is 1.86 bits per heavy atom. The first-order chi connectivity index (χ1) is 13.4. The summed E-state index contributed by atoms with van der Waals surface area (Å²) in [6.45, 7) is 4.15. The number of para-hydroxylation sites is 1. The summed E-state index contributed by atoms with van der Waals surface area (Å²) in [5, 5.41) is 2.51. The van der Waals surface area contributed by atoms with Crippen LogP contribution in [0.15, 0.2) is 48.5 Å². The predicted molar refractivity (Wildman–Crippen MR) is 98.6 cm³/mol. The van der Waals surface area contributed by atoms with Gasteiger partial charge in [0, 0.05) is 25.3 Å². The summed E-state index contributed by atoms with van der Waals surface area (Å²) in [6.07, 6.45) is -4.47. The number of hydrogen-bond acceptors (Lipinski definition) is 4. The van der Waals surface area contributed by atoms with E-state index < -0.39 is 17.6 Å². The third-order valence-corrected chi connectivity index (χ3v) is 4.35. The standard InChI is InChI=1S/C20H21F3N2O3/c21-20(22,23)15-4-3-5-16(14-15)24-19(26)17-6-1-2-7-18(17)28-13-10-25-8-11-27-12-9-25/h1-7,14H,8-13H2,(H,24,26). The minimum atomic E-state index is -4.47. The van der Waals surface area contributed by atoms with Gasteiger partial charge in [0.15, 0.2) is 0 Å². The molecule has 0 aromatic heterocycles. The number of amides is 1. The molecule has 1 aliphatic heterocycles. The van der Waals surface area contributed by atoms with Crippen molar-refractivity contribution in [3.8, 4) is 5.75 Å². The second-order valence-corrected chi connectivity index (χ2v) is 6.33. The van der Waals surface area contributed by atoms with Crippen LogP contribution in [0.25, 0.3) is 0 Å². The number of nitrogens with one attached hydrogen (secondary N) is 1. The van der Waals surface area contributed by atoms with Crippen LogP contribution >= 0.6 is 0 Å². The molecule has 0 bridgehead atoms. The smallest absolute Gasteiger partial charge is 0.416 e. The summed E-state index contributed by atoms with van der Waals surface area (Å²) >= 11 is 0. The predicted octanol–water partition coefficient (Wildman–Crippen LogP) is 3.67. The lowest BCUT2D eigenvalue weighted by molar-refractivity contribution is -0.137. The summed E-state index contributed by atoms with van der Waals surface area (Å²) in [6, 6.07) is 11.2. The van der Waals surface area contributed by atoms with Crippen molar-refractivity contribution in [3.05, 3.63) is 59.7 Å². The molecule has 1 saturated heterocycles. The van der Waals surface area contributed by atoms with Crippen molar-refractivity contribution in [2.45, 2.75) is 6.18 Å². The first kappa shape index (κ1) is 20.2. The summed E-state index contributed by atoms with van der Waals surface area (Å²) in [5.41, 5.74) is -0.481. The SMILES string of the molecule is O=C(Nc1cccc(C(F)(F)F)c1)c1ccccc1OCCN1CCOCC1. The molecule has 8 heteroatoms. The minimum absolute atomic E-state index is 0.0722. The molecule has 1 amide bonds. The number of nitrogens with zero attached hydrogens (tertiary/aromatic N) is 1. The lowest BCUT2D eigenvalue weighted by atomic mass is 10.1. The number of ether oxygens (including phenoxy) is 2. The Labute approximate surface area is 161 Å². The number of morpholine rings is 1. The van der Waals surface area contributed by atoms with Gasteiger partial charge in [0.05, 0.1) is 24.3 Å². The van der Waals surface area contributed by atoms with E-state index in [1.807, 2.05) is 0 Å². The molecular weight excluding hydrogens is 373 g/mol. The maximum absolute atomic E-state index is 12.8. The van der Waals surface area contributed by atoms with Crippen molar-refractivity contribution >= 4 is 11.6 Å². The number of hydrogen-bond donors (Lipinski definition) is 1. The molecule has 0 saturated carbocycles. The molecule has 1 N–H and O–H groups in total. The van der Waals surface area contributed by atoms with E-state index in [9.17, 15) is 18.0 Å². The van der Waals surface area contributed by atoms with Crippen LogP contribution in [-0.2, 0) is 10.9 Å². The van der Waals surface area contributed by atoms with Crippen LogP contribution in [0.1, 0.15) is 15.9 Å². The quantitative estimate of drug-likeness (QED) is 0.812. The fraction of sp³-hybridized carbons (Fsp3) is 0.350. The second kappa shape index (κ2) is 9.07. The van der Waals surface area contributed by atoms with E-state index >= 15 is 0 Å². The highest BCUT2D eigenvalue weighted by Crippen LogP contribution is 2.31. The molecule has 1 fully saturated rings. The number of carbonyl (C=O) groups is 1. The van der Waals surface area contributed by atoms with Gasteiger partial charge in [-0.25, -0.2) is 0 Å². The Balaban J connectivity index is 1.64. The van der Waals surface area contributed by atoms with Crippen molar-refractivity contribution in [1.29, 1.82) is 0 Å². The highest BCUT2D eigenvalue weighted by atomic mass is 19.4. The first-order valence-electron chi connectivity index (χ1n) is 8.94. The molecule has 0 radical (unpaired) electrons. The van der Waals surface area contributed by atoms with Crippen LogP contribution in [0.3, 0.4) is 0 Å². The van der Waals surface area contributed by atoms with Gasteiger partial charge < -0.3 is 14.8 Å². The maximum atomic E-state index is 12.8. The zero-order valence-corrected chi connectivity index (χ0v) is 15.2. The Hall–Kier alpha value is -2.58. The first-order valence-corrected chi connectivity index (χ1v) is 8.94. The van der Waals surface area contributed by atoms with Crippen molar-refractivity contribution in [3.63, 3.8) is 0 Å². The number of anilines is 1. The van der Waals surface area contributed by atoms with Crippen molar-refractivity contribution in [1.82, 2.24) is 4.90 Å².